The van der Waals surface area contributed by atoms with Gasteiger partial charge in [-0.05, 0) is 102 Å². The van der Waals surface area contributed by atoms with Crippen molar-refractivity contribution >= 4 is 98.1 Å². The molecule has 8 aromatic rings. The van der Waals surface area contributed by atoms with E-state index in [1.807, 2.05) is 49.4 Å². The Labute approximate surface area is 365 Å². The van der Waals surface area contributed by atoms with Gasteiger partial charge < -0.3 is 25.0 Å². The molecule has 0 atom stereocenters. The molecule has 17 nitrogen and oxygen atoms in total. The molecule has 0 spiro atoms. The average molecular weight is 898 g/mol. The van der Waals surface area contributed by atoms with E-state index in [-0.39, 0.29) is 62.1 Å². The van der Waals surface area contributed by atoms with Gasteiger partial charge in [0.1, 0.15) is 44.9 Å². The standard InChI is InChI=1S/C45H35N7O10S2/c1-25-8-9-27-21-29(12-15-32(27)45(25)62-3)46-28-11-14-31-26(20-28)10-17-38(44(31)54)50-51-39-24-42(61-2)40(23-41(39)53)52-48-36-19-18-35(33-16-13-30(22-34(33)36)63(55,56)57)47-49-37-6-4-5-7-43(37)64(58,59)60/h4-24,46,53-54H,1-3H3,(H,55,56,57)(H,58,59,60). The van der Waals surface area contributed by atoms with Crippen molar-refractivity contribution in [2.75, 3.05) is 19.5 Å². The third kappa shape index (κ3) is 8.76. The highest BCUT2D eigenvalue weighted by Crippen LogP contribution is 2.44. The number of fused-ring (bicyclic) bond motifs is 3. The Morgan fingerprint density at radius 1 is 0.500 bits per heavy atom. The van der Waals surface area contributed by atoms with Crippen molar-refractivity contribution in [3.8, 4) is 23.0 Å². The molecule has 0 saturated carbocycles. The normalized spacial score (nSPS) is 12.3. The smallest absolute Gasteiger partial charge is 0.296 e. The van der Waals surface area contributed by atoms with Crippen molar-refractivity contribution in [2.24, 2.45) is 30.7 Å². The zero-order valence-electron chi connectivity index (χ0n) is 33.9. The van der Waals surface area contributed by atoms with Crippen LogP contribution in [0.1, 0.15) is 5.56 Å². The number of phenolic OH excluding ortho intramolecular Hbond substituents is 2. The number of aryl methyl sites for hydroxylation is 1. The molecule has 64 heavy (non-hydrogen) atoms. The Morgan fingerprint density at radius 3 is 1.77 bits per heavy atom. The third-order valence-electron chi connectivity index (χ3n) is 10.1. The van der Waals surface area contributed by atoms with E-state index in [0.717, 1.165) is 57.0 Å². The molecule has 5 N–H and O–H groups in total. The number of phenols is 2. The first-order valence-electron chi connectivity index (χ1n) is 19.0. The van der Waals surface area contributed by atoms with Crippen LogP contribution < -0.4 is 14.8 Å². The van der Waals surface area contributed by atoms with Crippen LogP contribution in [0.2, 0.25) is 0 Å². The molecule has 0 fully saturated rings. The van der Waals surface area contributed by atoms with E-state index >= 15 is 0 Å². The van der Waals surface area contributed by atoms with E-state index in [9.17, 15) is 36.2 Å². The molecule has 0 aromatic heterocycles. The summed E-state index contributed by atoms with van der Waals surface area (Å²) in [5.41, 5.74) is 2.97. The second-order valence-electron chi connectivity index (χ2n) is 14.2. The van der Waals surface area contributed by atoms with E-state index in [1.54, 1.807) is 25.3 Å². The topological polar surface area (TPSA) is 254 Å². The number of benzene rings is 8. The van der Waals surface area contributed by atoms with Crippen molar-refractivity contribution in [2.45, 2.75) is 16.7 Å². The number of hydrogen-bond acceptors (Lipinski definition) is 15. The summed E-state index contributed by atoms with van der Waals surface area (Å²) in [7, 11) is -6.27. The van der Waals surface area contributed by atoms with Crippen LogP contribution in [0.5, 0.6) is 23.0 Å². The lowest BCUT2D eigenvalue weighted by atomic mass is 10.0. The van der Waals surface area contributed by atoms with Gasteiger partial charge in [0.25, 0.3) is 20.2 Å². The van der Waals surface area contributed by atoms with Crippen LogP contribution >= 0.6 is 0 Å². The minimum Gasteiger partial charge on any atom is -0.506 e. The van der Waals surface area contributed by atoms with Gasteiger partial charge in [-0.2, -0.15) is 16.8 Å². The third-order valence-corrected chi connectivity index (χ3v) is 11.8. The molecule has 0 unspecified atom stereocenters. The number of nitrogens with one attached hydrogen (secondary N) is 1. The summed E-state index contributed by atoms with van der Waals surface area (Å²) < 4.78 is 78.4. The van der Waals surface area contributed by atoms with E-state index in [2.05, 4.69) is 36.0 Å². The van der Waals surface area contributed by atoms with Crippen LogP contribution in [-0.2, 0) is 20.2 Å². The number of azo groups is 3. The Bertz CT molecular complexity index is 3510. The molecule has 0 radical (unpaired) electrons. The Hall–Kier alpha value is -7.84. The van der Waals surface area contributed by atoms with E-state index in [1.165, 1.54) is 55.6 Å². The largest absolute Gasteiger partial charge is 0.506 e. The van der Waals surface area contributed by atoms with E-state index < -0.39 is 30.0 Å². The molecule has 0 saturated heterocycles. The van der Waals surface area contributed by atoms with Gasteiger partial charge in [0.05, 0.1) is 30.5 Å². The van der Waals surface area contributed by atoms with Crippen LogP contribution in [0.25, 0.3) is 32.3 Å². The lowest BCUT2D eigenvalue weighted by Gasteiger charge is -2.12. The van der Waals surface area contributed by atoms with E-state index in [4.69, 9.17) is 9.47 Å². The van der Waals surface area contributed by atoms with Gasteiger partial charge in [-0.15, -0.1) is 30.7 Å². The maximum Gasteiger partial charge on any atom is 0.296 e. The van der Waals surface area contributed by atoms with E-state index in [0.29, 0.717) is 5.39 Å². The lowest BCUT2D eigenvalue weighted by Crippen LogP contribution is -1.97. The summed E-state index contributed by atoms with van der Waals surface area (Å²) in [5, 5.41) is 54.3. The minimum atomic E-state index is -4.66. The zero-order chi connectivity index (χ0) is 45.3. The lowest BCUT2D eigenvalue weighted by molar-refractivity contribution is 0.413. The highest BCUT2D eigenvalue weighted by Gasteiger charge is 2.18. The molecule has 0 aliphatic rings. The molecular weight excluding hydrogens is 863 g/mol. The first kappa shape index (κ1) is 42.8. The summed E-state index contributed by atoms with van der Waals surface area (Å²) in [6.45, 7) is 2.00. The summed E-state index contributed by atoms with van der Waals surface area (Å²) in [6, 6.07) is 33.4. The van der Waals surface area contributed by atoms with Gasteiger partial charge in [-0.25, -0.2) is 0 Å². The fraction of sp³-hybridized carbons (Fsp3) is 0.0667. The predicted octanol–water partition coefficient (Wildman–Crippen LogP) is 12.4. The Kier molecular flexibility index (Phi) is 11.5. The summed E-state index contributed by atoms with van der Waals surface area (Å²) in [5.74, 6) is 0.456. The van der Waals surface area contributed by atoms with Crippen molar-refractivity contribution in [3.63, 3.8) is 0 Å². The molecule has 0 amide bonds. The van der Waals surface area contributed by atoms with Crippen molar-refractivity contribution in [3.05, 3.63) is 133 Å². The quantitative estimate of drug-likeness (QED) is 0.0569. The fourth-order valence-electron chi connectivity index (χ4n) is 6.97. The maximum absolute atomic E-state index is 12.1. The van der Waals surface area contributed by atoms with Gasteiger partial charge in [-0.3, -0.25) is 9.11 Å². The van der Waals surface area contributed by atoms with Gasteiger partial charge in [0, 0.05) is 45.1 Å². The molecule has 0 aliphatic heterocycles. The first-order valence-corrected chi connectivity index (χ1v) is 21.9. The van der Waals surface area contributed by atoms with Gasteiger partial charge >= 0.3 is 0 Å². The van der Waals surface area contributed by atoms with Crippen LogP contribution in [-0.4, -0.2) is 50.4 Å². The number of nitrogens with zero attached hydrogens (tertiary/aromatic N) is 6. The Morgan fingerprint density at radius 2 is 1.08 bits per heavy atom. The second kappa shape index (κ2) is 17.1. The average Bonchev–Trinajstić information content (AvgIpc) is 3.27. The molecular formula is C45H35N7O10S2. The Balaban J connectivity index is 1.05. The van der Waals surface area contributed by atoms with Gasteiger partial charge in [0.2, 0.25) is 0 Å². The van der Waals surface area contributed by atoms with Crippen molar-refractivity contribution < 1.29 is 45.6 Å². The highest BCUT2D eigenvalue weighted by molar-refractivity contribution is 7.86. The number of ether oxygens (including phenoxy) is 2. The summed E-state index contributed by atoms with van der Waals surface area (Å²) >= 11 is 0. The highest BCUT2D eigenvalue weighted by atomic mass is 32.2. The first-order chi connectivity index (χ1) is 30.6. The number of aromatic hydroxyl groups is 2. The maximum atomic E-state index is 12.1. The SMILES string of the molecule is COc1cc(N=Nc2ccc3cc(Nc4ccc5c(OC)c(C)ccc5c4)ccc3c2O)c(O)cc1N=Nc1ccc(N=Nc2ccccc2S(=O)(=O)O)c2ccc(S(=O)(=O)O)cc12. The van der Waals surface area contributed by atoms with Gasteiger partial charge in [0.15, 0.2) is 5.75 Å². The van der Waals surface area contributed by atoms with Crippen molar-refractivity contribution in [1.82, 2.24) is 0 Å². The summed E-state index contributed by atoms with van der Waals surface area (Å²) in [4.78, 5) is -0.933. The minimum absolute atomic E-state index is 0.0217. The molecule has 19 heteroatoms. The molecule has 0 aliphatic carbocycles. The molecule has 8 aromatic carbocycles. The predicted molar refractivity (Wildman–Crippen MR) is 241 cm³/mol. The van der Waals surface area contributed by atoms with Crippen LogP contribution in [0.3, 0.4) is 0 Å². The molecule has 0 bridgehead atoms. The number of methoxy groups -OCH3 is 2. The van der Waals surface area contributed by atoms with Crippen molar-refractivity contribution in [1.29, 1.82) is 0 Å². The monoisotopic (exact) mass is 897 g/mol. The summed E-state index contributed by atoms with van der Waals surface area (Å²) in [6.07, 6.45) is 0. The number of rotatable bonds is 12. The van der Waals surface area contributed by atoms with Crippen LogP contribution in [0.15, 0.2) is 168 Å². The second-order valence-corrected chi connectivity index (χ2v) is 17.0. The molecule has 8 rings (SSSR count). The van der Waals surface area contributed by atoms with Crippen LogP contribution in [0, 0.1) is 6.92 Å². The van der Waals surface area contributed by atoms with Crippen LogP contribution in [0.4, 0.5) is 45.5 Å². The van der Waals surface area contributed by atoms with Gasteiger partial charge in [-0.1, -0.05) is 36.4 Å². The fourth-order valence-corrected chi connectivity index (χ4v) is 8.10. The molecule has 322 valence electrons. The zero-order valence-corrected chi connectivity index (χ0v) is 35.5. The molecule has 0 heterocycles. The number of anilines is 2. The number of hydrogen-bond donors (Lipinski definition) is 5.